The second-order valence-electron chi connectivity index (χ2n) is 7.68. The molecule has 0 N–H and O–H groups in total. The first-order valence-electron chi connectivity index (χ1n) is 10.1. The van der Waals surface area contributed by atoms with Crippen LogP contribution < -0.4 is 9.80 Å². The zero-order valence-electron chi connectivity index (χ0n) is 16.2. The summed E-state index contributed by atoms with van der Waals surface area (Å²) in [5.41, 5.74) is 1.88. The summed E-state index contributed by atoms with van der Waals surface area (Å²) >= 11 is 0. The topological polar surface area (TPSA) is 43.9 Å². The average molecular weight is 385 g/mol. The van der Waals surface area contributed by atoms with E-state index < -0.39 is 0 Å². The van der Waals surface area contributed by atoms with Crippen LogP contribution in [0.1, 0.15) is 6.42 Å². The van der Waals surface area contributed by atoms with Crippen LogP contribution in [0.3, 0.4) is 0 Å². The van der Waals surface area contributed by atoms with Crippen LogP contribution in [-0.2, 0) is 9.59 Å². The lowest BCUT2D eigenvalue weighted by Crippen LogP contribution is -2.52. The Balaban J connectivity index is 1.31. The van der Waals surface area contributed by atoms with Gasteiger partial charge in [0, 0.05) is 31.9 Å². The van der Waals surface area contributed by atoms with Crippen LogP contribution >= 0.6 is 0 Å². The summed E-state index contributed by atoms with van der Waals surface area (Å²) < 4.78 is 0. The Morgan fingerprint density at radius 2 is 1.38 bits per heavy atom. The predicted molar refractivity (Wildman–Crippen MR) is 115 cm³/mol. The van der Waals surface area contributed by atoms with Crippen LogP contribution in [0.25, 0.3) is 10.8 Å². The molecule has 5 heteroatoms. The Hall–Kier alpha value is -3.18. The number of hydrogen-bond acceptors (Lipinski definition) is 4. The van der Waals surface area contributed by atoms with E-state index in [1.165, 1.54) is 10.6 Å². The number of benzene rings is 3. The number of nitrogens with zero attached hydrogens (tertiary/aromatic N) is 3. The summed E-state index contributed by atoms with van der Waals surface area (Å²) in [5.74, 6) is -0.209. The molecule has 29 heavy (non-hydrogen) atoms. The van der Waals surface area contributed by atoms with E-state index in [0.717, 1.165) is 37.0 Å². The number of rotatable bonds is 3. The van der Waals surface area contributed by atoms with Gasteiger partial charge in [0.2, 0.25) is 5.91 Å². The molecule has 5 nitrogen and oxygen atoms in total. The molecule has 3 aromatic rings. The number of imide groups is 1. The zero-order chi connectivity index (χ0) is 19.8. The molecule has 1 atom stereocenters. The predicted octanol–water partition coefficient (Wildman–Crippen LogP) is 3.29. The molecular formula is C24H23N3O2. The van der Waals surface area contributed by atoms with Crippen molar-refractivity contribution in [1.82, 2.24) is 4.90 Å². The number of hydrogen-bond donors (Lipinski definition) is 0. The van der Waals surface area contributed by atoms with Gasteiger partial charge in [-0.15, -0.1) is 0 Å². The van der Waals surface area contributed by atoms with Crippen molar-refractivity contribution in [1.29, 1.82) is 0 Å². The first-order valence-corrected chi connectivity index (χ1v) is 10.1. The third-order valence-electron chi connectivity index (χ3n) is 5.99. The van der Waals surface area contributed by atoms with E-state index >= 15 is 0 Å². The number of carbonyl (C=O) groups is 2. The number of anilines is 2. The largest absolute Gasteiger partial charge is 0.369 e. The molecule has 0 saturated carbocycles. The molecule has 0 bridgehead atoms. The number of amides is 2. The fourth-order valence-electron chi connectivity index (χ4n) is 4.42. The number of para-hydroxylation sites is 1. The molecule has 0 aliphatic carbocycles. The summed E-state index contributed by atoms with van der Waals surface area (Å²) in [7, 11) is 0. The highest BCUT2D eigenvalue weighted by molar-refractivity contribution is 6.22. The van der Waals surface area contributed by atoms with Crippen LogP contribution in [0, 0.1) is 0 Å². The molecule has 2 aliphatic rings. The lowest BCUT2D eigenvalue weighted by atomic mass is 10.1. The fraction of sp³-hybridized carbons (Fsp3) is 0.250. The maximum absolute atomic E-state index is 13.2. The minimum Gasteiger partial charge on any atom is -0.369 e. The lowest BCUT2D eigenvalue weighted by molar-refractivity contribution is -0.123. The second-order valence-corrected chi connectivity index (χ2v) is 7.68. The molecule has 2 saturated heterocycles. The Kier molecular flexibility index (Phi) is 4.52. The monoisotopic (exact) mass is 385 g/mol. The summed E-state index contributed by atoms with van der Waals surface area (Å²) in [6, 6.07) is 23.7. The molecule has 2 amide bonds. The quantitative estimate of drug-likeness (QED) is 0.649. The molecule has 0 spiro atoms. The first-order chi connectivity index (χ1) is 14.2. The van der Waals surface area contributed by atoms with Crippen LogP contribution in [0.15, 0.2) is 72.8 Å². The Labute approximate surface area is 170 Å². The van der Waals surface area contributed by atoms with Gasteiger partial charge in [-0.05, 0) is 35.0 Å². The third-order valence-corrected chi connectivity index (χ3v) is 5.99. The maximum Gasteiger partial charge on any atom is 0.251 e. The van der Waals surface area contributed by atoms with Crippen molar-refractivity contribution in [3.8, 4) is 0 Å². The highest BCUT2D eigenvalue weighted by Crippen LogP contribution is 2.29. The first kappa shape index (κ1) is 17.9. The average Bonchev–Trinajstić information content (AvgIpc) is 3.08. The van der Waals surface area contributed by atoms with E-state index in [9.17, 15) is 9.59 Å². The minimum atomic E-state index is -0.355. The molecule has 2 aliphatic heterocycles. The molecule has 0 radical (unpaired) electrons. The van der Waals surface area contributed by atoms with Gasteiger partial charge in [0.05, 0.1) is 18.2 Å². The SMILES string of the molecule is O=C1CC(N2CCN(c3ccccc3)CC2)C(=O)N1c1ccc2ccccc2c1. The van der Waals surface area contributed by atoms with Crippen LogP contribution in [0.2, 0.25) is 0 Å². The van der Waals surface area contributed by atoms with Gasteiger partial charge in [-0.2, -0.15) is 0 Å². The van der Waals surface area contributed by atoms with Crippen LogP contribution in [0.5, 0.6) is 0 Å². The van der Waals surface area contributed by atoms with Crippen LogP contribution in [0.4, 0.5) is 11.4 Å². The van der Waals surface area contributed by atoms with Crippen molar-refractivity contribution in [2.45, 2.75) is 12.5 Å². The maximum atomic E-state index is 13.2. The number of fused-ring (bicyclic) bond motifs is 1. The van der Waals surface area contributed by atoms with Crippen molar-refractivity contribution in [3.63, 3.8) is 0 Å². The smallest absolute Gasteiger partial charge is 0.251 e. The molecule has 146 valence electrons. The molecule has 0 aromatic heterocycles. The van der Waals surface area contributed by atoms with Crippen molar-refractivity contribution < 1.29 is 9.59 Å². The summed E-state index contributed by atoms with van der Waals surface area (Å²) in [6.45, 7) is 3.28. The molecule has 3 aromatic carbocycles. The molecule has 5 rings (SSSR count). The highest BCUT2D eigenvalue weighted by Gasteiger charge is 2.43. The number of piperazine rings is 1. The summed E-state index contributed by atoms with van der Waals surface area (Å²) in [4.78, 5) is 31.8. The highest BCUT2D eigenvalue weighted by atomic mass is 16.2. The normalized spacial score (nSPS) is 20.6. The van der Waals surface area contributed by atoms with Crippen molar-refractivity contribution in [2.75, 3.05) is 36.0 Å². The van der Waals surface area contributed by atoms with Gasteiger partial charge in [-0.1, -0.05) is 48.5 Å². The Morgan fingerprint density at radius 3 is 2.14 bits per heavy atom. The van der Waals surface area contributed by atoms with Gasteiger partial charge in [-0.3, -0.25) is 14.5 Å². The zero-order valence-corrected chi connectivity index (χ0v) is 16.2. The van der Waals surface area contributed by atoms with E-state index in [-0.39, 0.29) is 24.3 Å². The fourth-order valence-corrected chi connectivity index (χ4v) is 4.42. The van der Waals surface area contributed by atoms with Gasteiger partial charge >= 0.3 is 0 Å². The minimum absolute atomic E-state index is 0.0987. The van der Waals surface area contributed by atoms with E-state index in [1.54, 1.807) is 0 Å². The van der Waals surface area contributed by atoms with Gasteiger partial charge in [0.1, 0.15) is 0 Å². The van der Waals surface area contributed by atoms with Crippen molar-refractivity contribution >= 4 is 34.0 Å². The molecule has 2 fully saturated rings. The van der Waals surface area contributed by atoms with E-state index in [0.29, 0.717) is 5.69 Å². The van der Waals surface area contributed by atoms with E-state index in [4.69, 9.17) is 0 Å². The lowest BCUT2D eigenvalue weighted by Gasteiger charge is -2.38. The van der Waals surface area contributed by atoms with Gasteiger partial charge < -0.3 is 4.90 Å². The Morgan fingerprint density at radius 1 is 0.690 bits per heavy atom. The van der Waals surface area contributed by atoms with Crippen molar-refractivity contribution in [3.05, 3.63) is 72.8 Å². The van der Waals surface area contributed by atoms with Gasteiger partial charge in [0.25, 0.3) is 5.91 Å². The number of carbonyl (C=O) groups excluding carboxylic acids is 2. The summed E-state index contributed by atoms with van der Waals surface area (Å²) in [6.07, 6.45) is 0.261. The van der Waals surface area contributed by atoms with Gasteiger partial charge in [-0.25, -0.2) is 4.90 Å². The molecule has 1 unspecified atom stereocenters. The van der Waals surface area contributed by atoms with Gasteiger partial charge in [0.15, 0.2) is 0 Å². The molecular weight excluding hydrogens is 362 g/mol. The van der Waals surface area contributed by atoms with Crippen molar-refractivity contribution in [2.24, 2.45) is 0 Å². The summed E-state index contributed by atoms with van der Waals surface area (Å²) in [5, 5.41) is 2.13. The van der Waals surface area contributed by atoms with Crippen LogP contribution in [-0.4, -0.2) is 48.9 Å². The molecule has 2 heterocycles. The third kappa shape index (κ3) is 3.28. The van der Waals surface area contributed by atoms with E-state index in [1.807, 2.05) is 60.7 Å². The Bertz CT molecular complexity index is 1060. The standard InChI is InChI=1S/C24H23N3O2/c28-23-17-22(26-14-12-25(13-15-26)20-8-2-1-3-9-20)24(29)27(23)21-11-10-18-6-4-5-7-19(18)16-21/h1-11,16,22H,12-15,17H2. The van der Waals surface area contributed by atoms with E-state index in [2.05, 4.69) is 21.9 Å². The second kappa shape index (κ2) is 7.33.